The van der Waals surface area contributed by atoms with Crippen LogP contribution in [0.4, 0.5) is 0 Å². The first kappa shape index (κ1) is 20.6. The molecule has 0 spiro atoms. The van der Waals surface area contributed by atoms with Crippen LogP contribution in [0, 0.1) is 0 Å². The summed E-state index contributed by atoms with van der Waals surface area (Å²) in [4.78, 5) is 0. The van der Waals surface area contributed by atoms with E-state index >= 15 is 0 Å². The van der Waals surface area contributed by atoms with Crippen molar-refractivity contribution in [3.8, 4) is 11.4 Å². The molecule has 148 valence electrons. The highest BCUT2D eigenvalue weighted by molar-refractivity contribution is 6.49. The van der Waals surface area contributed by atoms with Crippen molar-refractivity contribution < 1.29 is 0 Å². The van der Waals surface area contributed by atoms with Crippen LogP contribution in [0.2, 0.25) is 20.1 Å². The molecule has 0 aliphatic heterocycles. The Morgan fingerprint density at radius 3 is 1.48 bits per heavy atom. The van der Waals surface area contributed by atoms with Gasteiger partial charge in [0.05, 0.1) is 31.5 Å². The number of nitrogens with zero attached hydrogens (tertiary/aromatic N) is 8. The second-order valence-electron chi connectivity index (χ2n) is 5.55. The molecular formula is C15H6Cl6N8. The molecule has 0 amide bonds. The molecule has 0 N–H and O–H groups in total. The molecule has 14 heteroatoms. The van der Waals surface area contributed by atoms with Crippen molar-refractivity contribution in [1.82, 2.24) is 40.4 Å². The fourth-order valence-electron chi connectivity index (χ4n) is 2.50. The van der Waals surface area contributed by atoms with Gasteiger partial charge in [0.15, 0.2) is 0 Å². The monoisotopic (exact) mass is 508 g/mol. The van der Waals surface area contributed by atoms with Gasteiger partial charge in [-0.3, -0.25) is 0 Å². The molecule has 4 rings (SSSR count). The van der Waals surface area contributed by atoms with E-state index < -0.39 is 4.33 Å². The van der Waals surface area contributed by atoms with E-state index in [-0.39, 0.29) is 21.7 Å². The Morgan fingerprint density at radius 2 is 1.07 bits per heavy atom. The zero-order chi connectivity index (χ0) is 20.8. The third-order valence-electron chi connectivity index (χ3n) is 3.82. The lowest BCUT2D eigenvalue weighted by atomic mass is 10.2. The van der Waals surface area contributed by atoms with Crippen molar-refractivity contribution in [1.29, 1.82) is 0 Å². The summed E-state index contributed by atoms with van der Waals surface area (Å²) in [5.41, 5.74) is 0.731. The van der Waals surface area contributed by atoms with Gasteiger partial charge in [0.25, 0.3) is 0 Å². The van der Waals surface area contributed by atoms with Crippen LogP contribution in [-0.4, -0.2) is 40.4 Å². The van der Waals surface area contributed by atoms with Gasteiger partial charge in [-0.1, -0.05) is 81.7 Å². The van der Waals surface area contributed by atoms with E-state index in [1.165, 1.54) is 9.36 Å². The average molecular weight is 511 g/mol. The van der Waals surface area contributed by atoms with Gasteiger partial charge in [0, 0.05) is 0 Å². The molecule has 0 aliphatic rings. The van der Waals surface area contributed by atoms with E-state index in [2.05, 4.69) is 31.1 Å². The standard InChI is InChI=1S/C15H6Cl6N8/c16-7-3-1-5-9(11(7)18)28-13(22-24-26-28)15(20,21)14-23-25-27-29(14)10-6-2-4-8(17)12(10)19/h1-6H. The highest BCUT2D eigenvalue weighted by Crippen LogP contribution is 2.41. The van der Waals surface area contributed by atoms with E-state index in [9.17, 15) is 0 Å². The molecule has 0 atom stereocenters. The molecule has 0 radical (unpaired) electrons. The van der Waals surface area contributed by atoms with Gasteiger partial charge in [-0.2, -0.15) is 9.36 Å². The molecule has 2 aromatic carbocycles. The summed E-state index contributed by atoms with van der Waals surface area (Å²) in [6.45, 7) is 0. The van der Waals surface area contributed by atoms with Gasteiger partial charge in [0.2, 0.25) is 16.0 Å². The van der Waals surface area contributed by atoms with E-state index in [0.717, 1.165) is 0 Å². The minimum atomic E-state index is -1.90. The van der Waals surface area contributed by atoms with Crippen LogP contribution in [0.5, 0.6) is 0 Å². The van der Waals surface area contributed by atoms with Crippen molar-refractivity contribution in [2.45, 2.75) is 4.33 Å². The average Bonchev–Trinajstić information content (AvgIpc) is 3.36. The highest BCUT2D eigenvalue weighted by atomic mass is 35.5. The van der Waals surface area contributed by atoms with Gasteiger partial charge in [-0.25, -0.2) is 0 Å². The Kier molecular flexibility index (Phi) is 5.58. The van der Waals surface area contributed by atoms with E-state index in [1.807, 2.05) is 0 Å². The number of benzene rings is 2. The molecule has 29 heavy (non-hydrogen) atoms. The zero-order valence-corrected chi connectivity index (χ0v) is 18.3. The van der Waals surface area contributed by atoms with Gasteiger partial charge in [0.1, 0.15) is 0 Å². The van der Waals surface area contributed by atoms with E-state index in [0.29, 0.717) is 21.4 Å². The number of hydrogen-bond acceptors (Lipinski definition) is 6. The van der Waals surface area contributed by atoms with Crippen LogP contribution < -0.4 is 0 Å². The molecule has 2 aromatic heterocycles. The van der Waals surface area contributed by atoms with Gasteiger partial charge in [-0.15, -0.1) is 10.2 Å². The molecule has 0 saturated heterocycles. The Bertz CT molecular complexity index is 1110. The largest absolute Gasteiger partial charge is 0.240 e. The van der Waals surface area contributed by atoms with Crippen LogP contribution in [0.25, 0.3) is 11.4 Å². The molecule has 0 fully saturated rings. The Hall–Kier alpha value is -1.68. The third kappa shape index (κ3) is 3.54. The fourth-order valence-corrected chi connectivity index (χ4v) is 3.72. The summed E-state index contributed by atoms with van der Waals surface area (Å²) in [6, 6.07) is 9.88. The molecule has 0 unspecified atom stereocenters. The van der Waals surface area contributed by atoms with Crippen molar-refractivity contribution in [2.75, 3.05) is 0 Å². The molecule has 8 nitrogen and oxygen atoms in total. The van der Waals surface area contributed by atoms with Crippen molar-refractivity contribution >= 4 is 69.6 Å². The Morgan fingerprint density at radius 1 is 0.655 bits per heavy atom. The molecule has 0 bridgehead atoms. The Balaban J connectivity index is 1.88. The molecule has 2 heterocycles. The van der Waals surface area contributed by atoms with E-state index in [1.54, 1.807) is 36.4 Å². The third-order valence-corrected chi connectivity index (χ3v) is 6.11. The predicted octanol–water partition coefficient (Wildman–Crippen LogP) is 4.93. The first-order chi connectivity index (χ1) is 13.8. The van der Waals surface area contributed by atoms with Crippen LogP contribution in [0.15, 0.2) is 36.4 Å². The van der Waals surface area contributed by atoms with Gasteiger partial charge in [-0.05, 0) is 45.1 Å². The lowest BCUT2D eigenvalue weighted by Crippen LogP contribution is -2.24. The Labute approximate surface area is 193 Å². The number of hydrogen-bond donors (Lipinski definition) is 0. The van der Waals surface area contributed by atoms with Gasteiger partial charge < -0.3 is 0 Å². The number of alkyl halides is 2. The first-order valence-electron chi connectivity index (χ1n) is 7.66. The minimum Gasteiger partial charge on any atom is -0.192 e. The second-order valence-corrected chi connectivity index (χ2v) is 8.45. The summed E-state index contributed by atoms with van der Waals surface area (Å²) >= 11 is 38.1. The van der Waals surface area contributed by atoms with Crippen molar-refractivity contribution in [3.05, 3.63) is 68.1 Å². The quantitative estimate of drug-likeness (QED) is 0.362. The minimum absolute atomic E-state index is 0.0146. The SMILES string of the molecule is Clc1cccc(-n2nnnc2C(Cl)(Cl)c2nnnn2-c2cccc(Cl)c2Cl)c1Cl. The summed E-state index contributed by atoms with van der Waals surface area (Å²) in [6.07, 6.45) is 0. The number of rotatable bonds is 4. The number of halogens is 6. The summed E-state index contributed by atoms with van der Waals surface area (Å²) < 4.78 is 0.587. The lowest BCUT2D eigenvalue weighted by molar-refractivity contribution is 0.704. The van der Waals surface area contributed by atoms with Crippen LogP contribution in [0.1, 0.15) is 11.6 Å². The molecule has 0 aliphatic carbocycles. The first-order valence-corrected chi connectivity index (χ1v) is 9.93. The van der Waals surface area contributed by atoms with Crippen molar-refractivity contribution in [3.63, 3.8) is 0 Å². The van der Waals surface area contributed by atoms with Gasteiger partial charge >= 0.3 is 0 Å². The topological polar surface area (TPSA) is 87.2 Å². The normalized spacial score (nSPS) is 11.8. The van der Waals surface area contributed by atoms with Crippen molar-refractivity contribution in [2.24, 2.45) is 0 Å². The fraction of sp³-hybridized carbons (Fsp3) is 0.0667. The number of tetrazole rings is 2. The second kappa shape index (κ2) is 7.86. The molecular weight excluding hydrogens is 505 g/mol. The summed E-state index contributed by atoms with van der Waals surface area (Å²) in [7, 11) is 0. The maximum absolute atomic E-state index is 6.65. The van der Waals surface area contributed by atoms with Crippen LogP contribution in [-0.2, 0) is 4.33 Å². The zero-order valence-electron chi connectivity index (χ0n) is 13.8. The van der Waals surface area contributed by atoms with Crippen LogP contribution >= 0.6 is 69.6 Å². The highest BCUT2D eigenvalue weighted by Gasteiger charge is 2.42. The van der Waals surface area contributed by atoms with E-state index in [4.69, 9.17) is 69.6 Å². The maximum atomic E-state index is 6.65. The lowest BCUT2D eigenvalue weighted by Gasteiger charge is -2.19. The number of aromatic nitrogens is 8. The smallest absolute Gasteiger partial charge is 0.192 e. The molecule has 4 aromatic rings. The maximum Gasteiger partial charge on any atom is 0.240 e. The summed E-state index contributed by atoms with van der Waals surface area (Å²) in [5.74, 6) is -0.0293. The molecule has 0 saturated carbocycles. The summed E-state index contributed by atoms with van der Waals surface area (Å²) in [5, 5.41) is 24.0. The predicted molar refractivity (Wildman–Crippen MR) is 111 cm³/mol. The van der Waals surface area contributed by atoms with Crippen LogP contribution in [0.3, 0.4) is 0 Å².